The smallest absolute Gasteiger partial charge is 0.172 e. The number of carbonyl (C=O) groups is 1. The molecule has 0 bridgehead atoms. The van der Waals surface area contributed by atoms with Crippen LogP contribution in [-0.2, 0) is 4.79 Å². The van der Waals surface area contributed by atoms with Crippen LogP contribution in [-0.4, -0.2) is 11.5 Å². The van der Waals surface area contributed by atoms with E-state index >= 15 is 0 Å². The highest BCUT2D eigenvalue weighted by molar-refractivity contribution is 5.91. The van der Waals surface area contributed by atoms with Gasteiger partial charge < -0.3 is 0 Å². The van der Waals surface area contributed by atoms with Crippen molar-refractivity contribution >= 4 is 5.78 Å². The van der Waals surface area contributed by atoms with Crippen molar-refractivity contribution in [1.82, 2.24) is 0 Å². The lowest BCUT2D eigenvalue weighted by atomic mass is 10.0. The van der Waals surface area contributed by atoms with Gasteiger partial charge in [-0.3, -0.25) is 4.79 Å². The number of ketones is 1. The summed E-state index contributed by atoms with van der Waals surface area (Å²) >= 11 is 0. The Morgan fingerprint density at radius 2 is 2.00 bits per heavy atom. The van der Waals surface area contributed by atoms with Crippen LogP contribution in [0, 0.1) is 5.92 Å². The highest BCUT2D eigenvalue weighted by Crippen LogP contribution is 2.42. The predicted molar refractivity (Wildman–Crippen MR) is 32.9 cm³/mol. The molecule has 0 aliphatic heterocycles. The van der Waals surface area contributed by atoms with Crippen molar-refractivity contribution in [2.24, 2.45) is 5.92 Å². The Hall–Kier alpha value is -0.400. The molecule has 2 heteroatoms. The van der Waals surface area contributed by atoms with Gasteiger partial charge in [0.15, 0.2) is 11.5 Å². The summed E-state index contributed by atoms with van der Waals surface area (Å²) in [5.74, 6) is -0.361. The fraction of sp³-hybridized carbons (Fsp3) is 0.857. The molecule has 9 heavy (non-hydrogen) atoms. The summed E-state index contributed by atoms with van der Waals surface area (Å²) in [5.41, 5.74) is -1.41. The first-order valence-electron chi connectivity index (χ1n) is 3.29. The standard InChI is InChI=1S/C7H11FO/c1-5(2)6(9)7(8)3-4-7/h5H,3-4H2,1-2H3. The van der Waals surface area contributed by atoms with E-state index in [9.17, 15) is 9.18 Å². The Balaban J connectivity index is 2.53. The molecule has 0 saturated heterocycles. The van der Waals surface area contributed by atoms with E-state index in [0.29, 0.717) is 12.8 Å². The summed E-state index contributed by atoms with van der Waals surface area (Å²) in [6, 6.07) is 0. The first-order chi connectivity index (χ1) is 4.06. The monoisotopic (exact) mass is 130 g/mol. The van der Waals surface area contributed by atoms with Crippen LogP contribution in [0.1, 0.15) is 26.7 Å². The largest absolute Gasteiger partial charge is 0.296 e. The molecule has 0 aromatic carbocycles. The number of carbonyl (C=O) groups excluding carboxylic acids is 1. The van der Waals surface area contributed by atoms with Crippen LogP contribution >= 0.6 is 0 Å². The van der Waals surface area contributed by atoms with Gasteiger partial charge in [0.25, 0.3) is 0 Å². The fourth-order valence-electron chi connectivity index (χ4n) is 0.874. The molecule has 0 atom stereocenters. The van der Waals surface area contributed by atoms with Crippen molar-refractivity contribution in [3.63, 3.8) is 0 Å². The van der Waals surface area contributed by atoms with E-state index < -0.39 is 5.67 Å². The molecule has 0 aromatic heterocycles. The van der Waals surface area contributed by atoms with E-state index in [1.165, 1.54) is 0 Å². The fourth-order valence-corrected chi connectivity index (χ4v) is 0.874. The Labute approximate surface area is 54.3 Å². The second kappa shape index (κ2) is 1.79. The maximum atomic E-state index is 12.8. The van der Waals surface area contributed by atoms with Gasteiger partial charge in [0.05, 0.1) is 0 Å². The van der Waals surface area contributed by atoms with Crippen molar-refractivity contribution in [3.8, 4) is 0 Å². The number of Topliss-reactive ketones (excluding diaryl/α,β-unsaturated/α-hetero) is 1. The molecule has 1 rings (SSSR count). The maximum Gasteiger partial charge on any atom is 0.172 e. The summed E-state index contributed by atoms with van der Waals surface area (Å²) in [4.78, 5) is 10.9. The van der Waals surface area contributed by atoms with Crippen LogP contribution < -0.4 is 0 Å². The Bertz CT molecular complexity index is 136. The van der Waals surface area contributed by atoms with Crippen LogP contribution in [0.15, 0.2) is 0 Å². The average Bonchev–Trinajstić information content (AvgIpc) is 2.47. The molecule has 0 unspecified atom stereocenters. The second-order valence-electron chi connectivity index (χ2n) is 2.98. The maximum absolute atomic E-state index is 12.8. The lowest BCUT2D eigenvalue weighted by molar-refractivity contribution is -0.128. The number of rotatable bonds is 2. The zero-order valence-corrected chi connectivity index (χ0v) is 5.78. The van der Waals surface area contributed by atoms with Gasteiger partial charge in [-0.2, -0.15) is 0 Å². The van der Waals surface area contributed by atoms with Gasteiger partial charge in [0, 0.05) is 5.92 Å². The van der Waals surface area contributed by atoms with Crippen molar-refractivity contribution < 1.29 is 9.18 Å². The third-order valence-corrected chi connectivity index (χ3v) is 1.65. The molecule has 1 nitrogen and oxygen atoms in total. The molecular weight excluding hydrogens is 119 g/mol. The first kappa shape index (κ1) is 6.72. The number of alkyl halides is 1. The lowest BCUT2D eigenvalue weighted by Gasteiger charge is -2.05. The van der Waals surface area contributed by atoms with E-state index in [-0.39, 0.29) is 11.7 Å². The van der Waals surface area contributed by atoms with Gasteiger partial charge in [0.1, 0.15) is 0 Å². The van der Waals surface area contributed by atoms with Crippen molar-refractivity contribution in [2.45, 2.75) is 32.4 Å². The lowest BCUT2D eigenvalue weighted by Crippen LogP contribution is -2.21. The summed E-state index contributed by atoms with van der Waals surface area (Å²) in [5, 5.41) is 0. The predicted octanol–water partition coefficient (Wildman–Crippen LogP) is 1.71. The van der Waals surface area contributed by atoms with Gasteiger partial charge in [-0.25, -0.2) is 4.39 Å². The van der Waals surface area contributed by atoms with Gasteiger partial charge in [0.2, 0.25) is 0 Å². The van der Waals surface area contributed by atoms with Crippen molar-refractivity contribution in [3.05, 3.63) is 0 Å². The Kier molecular flexibility index (Phi) is 1.34. The molecule has 0 radical (unpaired) electrons. The molecule has 0 aromatic rings. The normalized spacial score (nSPS) is 22.2. The molecule has 0 N–H and O–H groups in total. The second-order valence-corrected chi connectivity index (χ2v) is 2.98. The minimum Gasteiger partial charge on any atom is -0.296 e. The molecular formula is C7H11FO. The summed E-state index contributed by atoms with van der Waals surface area (Å²) in [7, 11) is 0. The van der Waals surface area contributed by atoms with Gasteiger partial charge in [-0.15, -0.1) is 0 Å². The van der Waals surface area contributed by atoms with Gasteiger partial charge in [-0.05, 0) is 12.8 Å². The van der Waals surface area contributed by atoms with Crippen LogP contribution in [0.4, 0.5) is 4.39 Å². The minimum absolute atomic E-state index is 0.141. The van der Waals surface area contributed by atoms with Crippen molar-refractivity contribution in [1.29, 1.82) is 0 Å². The SMILES string of the molecule is CC(C)C(=O)C1(F)CC1. The van der Waals surface area contributed by atoms with E-state index in [0.717, 1.165) is 0 Å². The minimum atomic E-state index is -1.41. The quantitative estimate of drug-likeness (QED) is 0.556. The van der Waals surface area contributed by atoms with Crippen LogP contribution in [0.3, 0.4) is 0 Å². The van der Waals surface area contributed by atoms with E-state index in [1.54, 1.807) is 13.8 Å². The summed E-state index contributed by atoms with van der Waals surface area (Å²) in [6.07, 6.45) is 0.897. The highest BCUT2D eigenvalue weighted by atomic mass is 19.1. The first-order valence-corrected chi connectivity index (χ1v) is 3.29. The van der Waals surface area contributed by atoms with Gasteiger partial charge in [-0.1, -0.05) is 13.8 Å². The molecule has 0 heterocycles. The van der Waals surface area contributed by atoms with E-state index in [4.69, 9.17) is 0 Å². The number of hydrogen-bond acceptors (Lipinski definition) is 1. The molecule has 1 saturated carbocycles. The van der Waals surface area contributed by atoms with Crippen molar-refractivity contribution in [2.75, 3.05) is 0 Å². The summed E-state index contributed by atoms with van der Waals surface area (Å²) in [6.45, 7) is 3.48. The van der Waals surface area contributed by atoms with Crippen LogP contribution in [0.5, 0.6) is 0 Å². The molecule has 0 spiro atoms. The van der Waals surface area contributed by atoms with Gasteiger partial charge >= 0.3 is 0 Å². The van der Waals surface area contributed by atoms with Crippen LogP contribution in [0.2, 0.25) is 0 Å². The molecule has 52 valence electrons. The number of halogens is 1. The number of hydrogen-bond donors (Lipinski definition) is 0. The Morgan fingerprint density at radius 1 is 1.56 bits per heavy atom. The zero-order valence-electron chi connectivity index (χ0n) is 5.78. The van der Waals surface area contributed by atoms with E-state index in [1.807, 2.05) is 0 Å². The third kappa shape index (κ3) is 1.12. The molecule has 1 fully saturated rings. The molecule has 1 aliphatic rings. The molecule has 1 aliphatic carbocycles. The third-order valence-electron chi connectivity index (χ3n) is 1.65. The van der Waals surface area contributed by atoms with Crippen LogP contribution in [0.25, 0.3) is 0 Å². The highest BCUT2D eigenvalue weighted by Gasteiger charge is 2.50. The molecule has 0 amide bonds. The topological polar surface area (TPSA) is 17.1 Å². The Morgan fingerprint density at radius 3 is 2.11 bits per heavy atom. The average molecular weight is 130 g/mol. The zero-order chi connectivity index (χ0) is 7.07. The van der Waals surface area contributed by atoms with E-state index in [2.05, 4.69) is 0 Å². The summed E-state index contributed by atoms with van der Waals surface area (Å²) < 4.78 is 12.8.